The van der Waals surface area contributed by atoms with Crippen LogP contribution in [0.5, 0.6) is 0 Å². The maximum absolute atomic E-state index is 3.87. The molecule has 0 N–H and O–H groups in total. The Bertz CT molecular complexity index is 314. The zero-order valence-electron chi connectivity index (χ0n) is 12.4. The van der Waals surface area contributed by atoms with Crippen molar-refractivity contribution in [1.29, 1.82) is 0 Å². The van der Waals surface area contributed by atoms with Crippen LogP contribution in [0.25, 0.3) is 0 Å². The maximum atomic E-state index is 3.87. The van der Waals surface area contributed by atoms with Crippen LogP contribution in [-0.2, 0) is 0 Å². The van der Waals surface area contributed by atoms with E-state index in [0.29, 0.717) is 11.8 Å². The molecule has 0 heteroatoms. The fourth-order valence-corrected chi connectivity index (χ4v) is 1.36. The molecule has 0 bridgehead atoms. The molecule has 0 radical (unpaired) electrons. The number of aryl methyl sites for hydroxylation is 1. The van der Waals surface area contributed by atoms with E-state index < -0.39 is 0 Å². The molecule has 0 atom stereocenters. The summed E-state index contributed by atoms with van der Waals surface area (Å²) in [6.45, 7) is 16.9. The Morgan fingerprint density at radius 2 is 1.53 bits per heavy atom. The van der Waals surface area contributed by atoms with Crippen LogP contribution in [0.4, 0.5) is 0 Å². The predicted molar refractivity (Wildman–Crippen MR) is 79.5 cm³/mol. The Morgan fingerprint density at radius 1 is 1.06 bits per heavy atom. The molecule has 96 valence electrons. The van der Waals surface area contributed by atoms with Crippen molar-refractivity contribution in [2.24, 2.45) is 5.92 Å². The normalized spacial score (nSPS) is 10.1. The van der Waals surface area contributed by atoms with Crippen molar-refractivity contribution in [2.45, 2.75) is 53.9 Å². The average Bonchev–Trinajstić information content (AvgIpc) is 2.29. The van der Waals surface area contributed by atoms with Gasteiger partial charge in [0.05, 0.1) is 0 Å². The van der Waals surface area contributed by atoms with Crippen molar-refractivity contribution in [3.8, 4) is 0 Å². The van der Waals surface area contributed by atoms with Gasteiger partial charge in [0.2, 0.25) is 0 Å². The smallest absolute Gasteiger partial charge is 0.0219 e. The molecule has 0 saturated heterocycles. The van der Waals surface area contributed by atoms with Gasteiger partial charge in [-0.15, -0.1) is 0 Å². The molecule has 0 aliphatic rings. The van der Waals surface area contributed by atoms with E-state index in [2.05, 4.69) is 72.4 Å². The largest absolute Gasteiger partial charge is 0.0996 e. The van der Waals surface area contributed by atoms with Gasteiger partial charge < -0.3 is 0 Å². The number of rotatable bonds is 3. The summed E-state index contributed by atoms with van der Waals surface area (Å²) in [6.07, 6.45) is 1.12. The molecule has 0 saturated carbocycles. The van der Waals surface area contributed by atoms with Crippen LogP contribution in [0, 0.1) is 12.8 Å². The Hall–Kier alpha value is -1.04. The van der Waals surface area contributed by atoms with Crippen LogP contribution in [0.3, 0.4) is 0 Å². The molecule has 17 heavy (non-hydrogen) atoms. The topological polar surface area (TPSA) is 0 Å². The van der Waals surface area contributed by atoms with Gasteiger partial charge in [0.25, 0.3) is 0 Å². The summed E-state index contributed by atoms with van der Waals surface area (Å²) in [5.74, 6) is 1.32. The van der Waals surface area contributed by atoms with Crippen LogP contribution < -0.4 is 0 Å². The molecule has 1 aromatic rings. The Labute approximate surface area is 108 Å². The maximum Gasteiger partial charge on any atom is -0.0219 e. The standard InChI is InChI=1S/C10H14.C7H14/c1-8(2)10-6-4-9(3)5-7-10;1-5-7(4)6(2)3/h4-8H,1-3H3;6H,4-5H2,1-3H3. The van der Waals surface area contributed by atoms with Crippen molar-refractivity contribution in [3.63, 3.8) is 0 Å². The third kappa shape index (κ3) is 6.99. The quantitative estimate of drug-likeness (QED) is 0.584. The minimum Gasteiger partial charge on any atom is -0.0996 e. The van der Waals surface area contributed by atoms with Gasteiger partial charge >= 0.3 is 0 Å². The van der Waals surface area contributed by atoms with E-state index in [1.54, 1.807) is 0 Å². The fourth-order valence-electron chi connectivity index (χ4n) is 1.36. The van der Waals surface area contributed by atoms with E-state index in [-0.39, 0.29) is 0 Å². The number of benzene rings is 1. The number of hydrogen-bond acceptors (Lipinski definition) is 0. The van der Waals surface area contributed by atoms with E-state index in [0.717, 1.165) is 6.42 Å². The molecule has 0 spiro atoms. The van der Waals surface area contributed by atoms with Gasteiger partial charge in [-0.1, -0.05) is 76.6 Å². The lowest BCUT2D eigenvalue weighted by Gasteiger charge is -2.03. The molecular formula is C17H28. The first-order valence-electron chi connectivity index (χ1n) is 6.62. The van der Waals surface area contributed by atoms with Gasteiger partial charge in [0.1, 0.15) is 0 Å². The van der Waals surface area contributed by atoms with Crippen molar-refractivity contribution in [3.05, 3.63) is 47.5 Å². The second-order valence-electron chi connectivity index (χ2n) is 5.23. The van der Waals surface area contributed by atoms with E-state index >= 15 is 0 Å². The van der Waals surface area contributed by atoms with Crippen molar-refractivity contribution in [2.75, 3.05) is 0 Å². The monoisotopic (exact) mass is 232 g/mol. The van der Waals surface area contributed by atoms with Crippen LogP contribution in [-0.4, -0.2) is 0 Å². The third-order valence-corrected chi connectivity index (χ3v) is 3.01. The molecule has 0 nitrogen and oxygen atoms in total. The Morgan fingerprint density at radius 3 is 1.76 bits per heavy atom. The van der Waals surface area contributed by atoms with Gasteiger partial charge in [0.15, 0.2) is 0 Å². The summed E-state index contributed by atoms with van der Waals surface area (Å²) in [5.41, 5.74) is 4.11. The summed E-state index contributed by atoms with van der Waals surface area (Å²) < 4.78 is 0. The molecule has 0 aliphatic heterocycles. The van der Waals surface area contributed by atoms with Gasteiger partial charge in [-0.2, -0.15) is 0 Å². The second kappa shape index (κ2) is 8.11. The van der Waals surface area contributed by atoms with E-state index in [1.165, 1.54) is 16.7 Å². The third-order valence-electron chi connectivity index (χ3n) is 3.01. The van der Waals surface area contributed by atoms with Crippen molar-refractivity contribution < 1.29 is 0 Å². The zero-order valence-corrected chi connectivity index (χ0v) is 12.4. The van der Waals surface area contributed by atoms with Crippen LogP contribution >= 0.6 is 0 Å². The highest BCUT2D eigenvalue weighted by Gasteiger charge is 1.95. The summed E-state index contributed by atoms with van der Waals surface area (Å²) in [4.78, 5) is 0. The highest BCUT2D eigenvalue weighted by molar-refractivity contribution is 5.23. The van der Waals surface area contributed by atoms with Crippen LogP contribution in [0.1, 0.15) is 58.1 Å². The Balaban J connectivity index is 0.000000325. The van der Waals surface area contributed by atoms with Gasteiger partial charge in [-0.05, 0) is 30.7 Å². The first-order chi connectivity index (χ1) is 7.88. The average molecular weight is 232 g/mol. The highest BCUT2D eigenvalue weighted by atomic mass is 14.0. The van der Waals surface area contributed by atoms with Gasteiger partial charge in [-0.25, -0.2) is 0 Å². The minimum atomic E-state index is 0.653. The van der Waals surface area contributed by atoms with Crippen LogP contribution in [0.2, 0.25) is 0 Å². The summed E-state index contributed by atoms with van der Waals surface area (Å²) in [7, 11) is 0. The summed E-state index contributed by atoms with van der Waals surface area (Å²) >= 11 is 0. The highest BCUT2D eigenvalue weighted by Crippen LogP contribution is 2.13. The molecule has 0 aromatic heterocycles. The molecule has 1 aromatic carbocycles. The Kier molecular flexibility index (Phi) is 7.61. The minimum absolute atomic E-state index is 0.653. The van der Waals surface area contributed by atoms with Crippen molar-refractivity contribution >= 4 is 0 Å². The van der Waals surface area contributed by atoms with E-state index in [4.69, 9.17) is 0 Å². The molecular weight excluding hydrogens is 204 g/mol. The molecule has 0 aliphatic carbocycles. The predicted octanol–water partition coefficient (Wildman–Crippen LogP) is 5.73. The number of hydrogen-bond donors (Lipinski definition) is 0. The van der Waals surface area contributed by atoms with E-state index in [9.17, 15) is 0 Å². The van der Waals surface area contributed by atoms with Crippen molar-refractivity contribution in [1.82, 2.24) is 0 Å². The zero-order chi connectivity index (χ0) is 13.4. The second-order valence-corrected chi connectivity index (χ2v) is 5.23. The van der Waals surface area contributed by atoms with Gasteiger partial charge in [-0.3, -0.25) is 0 Å². The number of allylic oxidation sites excluding steroid dienone is 1. The SMILES string of the molecule is C=C(CC)C(C)C.Cc1ccc(C(C)C)cc1. The lowest BCUT2D eigenvalue weighted by atomic mass is 10.0. The first kappa shape index (κ1) is 16.0. The summed E-state index contributed by atoms with van der Waals surface area (Å²) in [5, 5.41) is 0. The molecule has 0 unspecified atom stereocenters. The fraction of sp³-hybridized carbons (Fsp3) is 0.529. The molecule has 0 heterocycles. The lowest BCUT2D eigenvalue weighted by molar-refractivity contribution is 0.736. The lowest BCUT2D eigenvalue weighted by Crippen LogP contribution is -1.87. The first-order valence-corrected chi connectivity index (χ1v) is 6.62. The summed E-state index contributed by atoms with van der Waals surface area (Å²) in [6, 6.07) is 8.71. The molecule has 1 rings (SSSR count). The molecule has 0 fully saturated rings. The van der Waals surface area contributed by atoms with Crippen LogP contribution in [0.15, 0.2) is 36.4 Å². The van der Waals surface area contributed by atoms with Gasteiger partial charge in [0, 0.05) is 0 Å². The molecule has 0 amide bonds. The van der Waals surface area contributed by atoms with E-state index in [1.807, 2.05) is 0 Å².